The van der Waals surface area contributed by atoms with Crippen molar-refractivity contribution in [1.82, 2.24) is 20.2 Å². The van der Waals surface area contributed by atoms with Gasteiger partial charge in [0.2, 0.25) is 5.91 Å². The molecule has 90 valence electrons. The van der Waals surface area contributed by atoms with Gasteiger partial charge in [0.05, 0.1) is 17.6 Å². The van der Waals surface area contributed by atoms with E-state index in [9.17, 15) is 4.79 Å². The molecule has 0 spiro atoms. The number of thiazole rings is 1. The summed E-state index contributed by atoms with van der Waals surface area (Å²) < 4.78 is 0. The summed E-state index contributed by atoms with van der Waals surface area (Å²) in [5.74, 6) is 0.813. The van der Waals surface area contributed by atoms with Crippen molar-refractivity contribution < 1.29 is 4.79 Å². The van der Waals surface area contributed by atoms with E-state index < -0.39 is 5.91 Å². The Morgan fingerprint density at radius 3 is 3.00 bits per heavy atom. The van der Waals surface area contributed by atoms with E-state index in [1.165, 1.54) is 4.88 Å². The van der Waals surface area contributed by atoms with Crippen molar-refractivity contribution in [3.8, 4) is 0 Å². The van der Waals surface area contributed by atoms with Gasteiger partial charge in [-0.05, 0) is 13.3 Å². The van der Waals surface area contributed by atoms with Crippen LogP contribution in [0.3, 0.4) is 0 Å². The Morgan fingerprint density at radius 2 is 2.35 bits per heavy atom. The van der Waals surface area contributed by atoms with Crippen LogP contribution in [0.4, 0.5) is 0 Å². The van der Waals surface area contributed by atoms with Crippen molar-refractivity contribution in [3.63, 3.8) is 0 Å². The van der Waals surface area contributed by atoms with Crippen LogP contribution in [-0.4, -0.2) is 26.1 Å². The predicted molar refractivity (Wildman–Crippen MR) is 63.5 cm³/mol. The van der Waals surface area contributed by atoms with Crippen LogP contribution in [0.1, 0.15) is 22.2 Å². The molecule has 2 rings (SSSR count). The lowest BCUT2D eigenvalue weighted by Crippen LogP contribution is -2.14. The highest BCUT2D eigenvalue weighted by Gasteiger charge is 2.07. The van der Waals surface area contributed by atoms with E-state index >= 15 is 0 Å². The first-order valence-corrected chi connectivity index (χ1v) is 6.10. The van der Waals surface area contributed by atoms with Gasteiger partial charge in [-0.3, -0.25) is 9.89 Å². The highest BCUT2D eigenvalue weighted by Crippen LogP contribution is 2.14. The fourth-order valence-corrected chi connectivity index (χ4v) is 2.26. The maximum atomic E-state index is 10.7. The minimum atomic E-state index is -0.411. The molecule has 0 fully saturated rings. The lowest BCUT2D eigenvalue weighted by atomic mass is 10.2. The summed E-state index contributed by atoms with van der Waals surface area (Å²) in [4.78, 5) is 20.3. The number of amides is 1. The maximum absolute atomic E-state index is 10.7. The molecular formula is C10H13N5OS. The molecule has 17 heavy (non-hydrogen) atoms. The monoisotopic (exact) mass is 251 g/mol. The third-order valence-corrected chi connectivity index (χ3v) is 3.34. The molecule has 0 saturated heterocycles. The number of carbonyl (C=O) groups excluding carboxylic acids is 1. The quantitative estimate of drug-likeness (QED) is 0.802. The molecule has 0 aliphatic heterocycles. The molecule has 0 atom stereocenters. The number of rotatable bonds is 5. The summed E-state index contributed by atoms with van der Waals surface area (Å²) in [5.41, 5.74) is 7.96. The average Bonchev–Trinajstić information content (AvgIpc) is 2.84. The van der Waals surface area contributed by atoms with Crippen LogP contribution in [0, 0.1) is 6.92 Å². The Balaban J connectivity index is 1.93. The van der Waals surface area contributed by atoms with Gasteiger partial charge in [-0.25, -0.2) is 9.97 Å². The van der Waals surface area contributed by atoms with Crippen molar-refractivity contribution in [2.45, 2.75) is 26.2 Å². The number of nitrogens with one attached hydrogen (secondary N) is 1. The number of carbonyl (C=O) groups is 1. The van der Waals surface area contributed by atoms with Crippen LogP contribution >= 0.6 is 11.3 Å². The molecule has 0 aliphatic carbocycles. The number of aryl methyl sites for hydroxylation is 3. The third-order valence-electron chi connectivity index (χ3n) is 2.34. The van der Waals surface area contributed by atoms with Gasteiger partial charge in [-0.2, -0.15) is 5.10 Å². The number of primary amides is 1. The van der Waals surface area contributed by atoms with Crippen molar-refractivity contribution in [2.24, 2.45) is 5.73 Å². The number of nitrogens with zero attached hydrogens (tertiary/aromatic N) is 3. The fourth-order valence-electron chi connectivity index (χ4n) is 1.48. The van der Waals surface area contributed by atoms with Gasteiger partial charge in [0.1, 0.15) is 5.82 Å². The smallest absolute Gasteiger partial charge is 0.225 e. The fraction of sp³-hybridized carbons (Fsp3) is 0.400. The molecular weight excluding hydrogens is 238 g/mol. The zero-order valence-electron chi connectivity index (χ0n) is 9.43. The number of hydrogen-bond donors (Lipinski definition) is 2. The van der Waals surface area contributed by atoms with E-state index in [-0.39, 0.29) is 6.42 Å². The van der Waals surface area contributed by atoms with Crippen LogP contribution in [0.25, 0.3) is 0 Å². The predicted octanol–water partition coefficient (Wildman–Crippen LogP) is 0.383. The first-order valence-electron chi connectivity index (χ1n) is 5.22. The van der Waals surface area contributed by atoms with E-state index in [1.807, 2.05) is 12.4 Å². The first-order chi connectivity index (χ1) is 8.15. The van der Waals surface area contributed by atoms with Crippen LogP contribution in [-0.2, 0) is 24.1 Å². The summed E-state index contributed by atoms with van der Waals surface area (Å²) in [7, 11) is 0. The molecule has 6 nitrogen and oxygen atoms in total. The Hall–Kier alpha value is -1.76. The van der Waals surface area contributed by atoms with Gasteiger partial charge in [-0.1, -0.05) is 0 Å². The van der Waals surface area contributed by atoms with Gasteiger partial charge in [0.25, 0.3) is 0 Å². The molecule has 0 aromatic carbocycles. The maximum Gasteiger partial charge on any atom is 0.225 e. The summed E-state index contributed by atoms with van der Waals surface area (Å²) in [5, 5.41) is 6.75. The molecule has 0 unspecified atom stereocenters. The molecule has 0 bridgehead atoms. The Kier molecular flexibility index (Phi) is 3.48. The molecule has 3 N–H and O–H groups in total. The minimum Gasteiger partial charge on any atom is -0.369 e. The van der Waals surface area contributed by atoms with E-state index in [4.69, 9.17) is 5.73 Å². The van der Waals surface area contributed by atoms with E-state index in [2.05, 4.69) is 20.2 Å². The van der Waals surface area contributed by atoms with E-state index in [0.29, 0.717) is 11.6 Å². The second kappa shape index (κ2) is 5.05. The molecule has 2 aromatic rings. The molecule has 1 amide bonds. The van der Waals surface area contributed by atoms with Crippen LogP contribution < -0.4 is 5.73 Å². The zero-order chi connectivity index (χ0) is 12.3. The topological polar surface area (TPSA) is 97.5 Å². The van der Waals surface area contributed by atoms with Crippen molar-refractivity contribution >= 4 is 17.2 Å². The molecule has 7 heteroatoms. The summed E-state index contributed by atoms with van der Waals surface area (Å²) in [6.07, 6.45) is 1.70. The van der Waals surface area contributed by atoms with Gasteiger partial charge in [-0.15, -0.1) is 11.3 Å². The normalized spacial score (nSPS) is 10.6. The lowest BCUT2D eigenvalue weighted by molar-refractivity contribution is -0.117. The molecule has 2 heterocycles. The molecule has 0 saturated carbocycles. The number of aromatic nitrogens is 4. The van der Waals surface area contributed by atoms with Crippen LogP contribution in [0.5, 0.6) is 0 Å². The Morgan fingerprint density at radius 1 is 1.53 bits per heavy atom. The standard InChI is InChI=1S/C10H13N5OS/c1-6-7(17-5-12-6)2-3-9-13-10(15-14-9)4-8(11)16/h5H,2-4H2,1H3,(H2,11,16)(H,13,14,15). The largest absolute Gasteiger partial charge is 0.369 e. The highest BCUT2D eigenvalue weighted by atomic mass is 32.1. The first kappa shape index (κ1) is 11.7. The van der Waals surface area contributed by atoms with Crippen LogP contribution in [0.15, 0.2) is 5.51 Å². The summed E-state index contributed by atoms with van der Waals surface area (Å²) >= 11 is 1.64. The summed E-state index contributed by atoms with van der Waals surface area (Å²) in [6, 6.07) is 0. The third kappa shape index (κ3) is 3.10. The second-order valence-electron chi connectivity index (χ2n) is 3.70. The lowest BCUT2D eigenvalue weighted by Gasteiger charge is -1.94. The van der Waals surface area contributed by atoms with E-state index in [0.717, 1.165) is 18.5 Å². The number of nitrogens with two attached hydrogens (primary N) is 1. The van der Waals surface area contributed by atoms with Gasteiger partial charge >= 0.3 is 0 Å². The van der Waals surface area contributed by atoms with Gasteiger partial charge in [0.15, 0.2) is 5.82 Å². The van der Waals surface area contributed by atoms with Crippen LogP contribution in [0.2, 0.25) is 0 Å². The number of hydrogen-bond acceptors (Lipinski definition) is 5. The van der Waals surface area contributed by atoms with Crippen molar-refractivity contribution in [1.29, 1.82) is 0 Å². The Labute approximate surface area is 102 Å². The SMILES string of the molecule is Cc1ncsc1CCc1n[nH]c(CC(N)=O)n1. The second-order valence-corrected chi connectivity index (χ2v) is 4.64. The number of H-pyrrole nitrogens is 1. The molecule has 0 radical (unpaired) electrons. The van der Waals surface area contributed by atoms with Crippen molar-refractivity contribution in [3.05, 3.63) is 27.7 Å². The average molecular weight is 251 g/mol. The number of aromatic amines is 1. The van der Waals surface area contributed by atoms with Gasteiger partial charge < -0.3 is 5.73 Å². The Bertz CT molecular complexity index is 518. The molecule has 2 aromatic heterocycles. The van der Waals surface area contributed by atoms with Crippen molar-refractivity contribution in [2.75, 3.05) is 0 Å². The zero-order valence-corrected chi connectivity index (χ0v) is 10.3. The van der Waals surface area contributed by atoms with E-state index in [1.54, 1.807) is 11.3 Å². The summed E-state index contributed by atoms with van der Waals surface area (Å²) in [6.45, 7) is 1.99. The van der Waals surface area contributed by atoms with Gasteiger partial charge in [0, 0.05) is 11.3 Å². The molecule has 0 aliphatic rings. The minimum absolute atomic E-state index is 0.104. The highest BCUT2D eigenvalue weighted by molar-refractivity contribution is 7.09.